The summed E-state index contributed by atoms with van der Waals surface area (Å²) < 4.78 is 0. The number of amides is 1. The average molecular weight is 356 g/mol. The molecule has 0 saturated carbocycles. The van der Waals surface area contributed by atoms with Gasteiger partial charge in [0.15, 0.2) is 6.54 Å². The molecule has 1 heterocycles. The summed E-state index contributed by atoms with van der Waals surface area (Å²) in [6, 6.07) is 15.5. The van der Waals surface area contributed by atoms with Crippen LogP contribution in [0.1, 0.15) is 26.3 Å². The molecule has 4 nitrogen and oxygen atoms in total. The van der Waals surface area contributed by atoms with Crippen molar-refractivity contribution in [3.05, 3.63) is 48.0 Å². The predicted molar refractivity (Wildman–Crippen MR) is 106 cm³/mol. The third-order valence-electron chi connectivity index (χ3n) is 5.78. The summed E-state index contributed by atoms with van der Waals surface area (Å²) in [5, 5.41) is 5.83. The molecule has 0 spiro atoms. The van der Waals surface area contributed by atoms with Crippen LogP contribution in [-0.4, -0.2) is 44.7 Å². The lowest BCUT2D eigenvalue weighted by atomic mass is 10.0. The van der Waals surface area contributed by atoms with Crippen LogP contribution < -0.4 is 15.1 Å². The lowest BCUT2D eigenvalue weighted by Crippen LogP contribution is -3.28. The summed E-state index contributed by atoms with van der Waals surface area (Å²) in [6.07, 6.45) is 0. The number of nitrogens with one attached hydrogen (secondary N) is 3. The molecule has 1 fully saturated rings. The number of piperazine rings is 1. The van der Waals surface area contributed by atoms with E-state index < -0.39 is 0 Å². The van der Waals surface area contributed by atoms with Crippen molar-refractivity contribution in [2.75, 3.05) is 32.7 Å². The Kier molecular flexibility index (Phi) is 6.28. The molecular weight excluding hydrogens is 322 g/mol. The van der Waals surface area contributed by atoms with Gasteiger partial charge in [0.25, 0.3) is 5.91 Å². The van der Waals surface area contributed by atoms with Crippen molar-refractivity contribution in [2.24, 2.45) is 5.92 Å². The fourth-order valence-corrected chi connectivity index (χ4v) is 3.73. The van der Waals surface area contributed by atoms with Gasteiger partial charge in [0.05, 0.1) is 0 Å². The Hall–Kier alpha value is -1.91. The molecule has 0 radical (unpaired) electrons. The Bertz CT molecular complexity index is 730. The second kappa shape index (κ2) is 8.65. The average Bonchev–Trinajstić information content (AvgIpc) is 2.63. The standard InChI is InChI=1S/C22H31N3O/c1-17(2)18(3)23-22(26)16-25-13-11-24(12-14-25)15-20-9-6-8-19-7-4-5-10-21(19)20/h4-10,17-18H,11-16H2,1-3H3,(H,23,26)/p+2/t18-/m0/s1. The highest BCUT2D eigenvalue weighted by molar-refractivity contribution is 5.85. The normalized spacial score (nSPS) is 21.7. The van der Waals surface area contributed by atoms with Crippen molar-refractivity contribution < 1.29 is 14.6 Å². The molecule has 26 heavy (non-hydrogen) atoms. The summed E-state index contributed by atoms with van der Waals surface area (Å²) in [7, 11) is 0. The van der Waals surface area contributed by atoms with Crippen molar-refractivity contribution in [3.8, 4) is 0 Å². The number of hydrogen-bond donors (Lipinski definition) is 3. The van der Waals surface area contributed by atoms with Crippen LogP contribution in [-0.2, 0) is 11.3 Å². The van der Waals surface area contributed by atoms with E-state index in [1.807, 2.05) is 0 Å². The largest absolute Gasteiger partial charge is 0.348 e. The molecular formula is C22H33N3O+2. The Balaban J connectivity index is 1.50. The smallest absolute Gasteiger partial charge is 0.275 e. The molecule has 2 aromatic rings. The van der Waals surface area contributed by atoms with Crippen molar-refractivity contribution >= 4 is 16.7 Å². The maximum atomic E-state index is 12.2. The van der Waals surface area contributed by atoms with Crippen LogP contribution in [0, 0.1) is 5.92 Å². The number of rotatable bonds is 6. The number of quaternary nitrogens is 2. The minimum Gasteiger partial charge on any atom is -0.348 e. The highest BCUT2D eigenvalue weighted by Gasteiger charge is 2.25. The van der Waals surface area contributed by atoms with Crippen LogP contribution in [0.3, 0.4) is 0 Å². The van der Waals surface area contributed by atoms with Gasteiger partial charge in [-0.3, -0.25) is 4.79 Å². The number of hydrogen-bond acceptors (Lipinski definition) is 1. The molecule has 2 aromatic carbocycles. The highest BCUT2D eigenvalue weighted by Crippen LogP contribution is 2.17. The van der Waals surface area contributed by atoms with Crippen LogP contribution in [0.5, 0.6) is 0 Å². The van der Waals surface area contributed by atoms with Gasteiger partial charge in [0.1, 0.15) is 32.7 Å². The molecule has 3 N–H and O–H groups in total. The third-order valence-corrected chi connectivity index (χ3v) is 5.78. The van der Waals surface area contributed by atoms with Gasteiger partial charge in [0, 0.05) is 11.6 Å². The molecule has 140 valence electrons. The molecule has 3 rings (SSSR count). The van der Waals surface area contributed by atoms with Gasteiger partial charge in [0.2, 0.25) is 0 Å². The molecule has 1 atom stereocenters. The van der Waals surface area contributed by atoms with Gasteiger partial charge < -0.3 is 15.1 Å². The molecule has 4 heteroatoms. The van der Waals surface area contributed by atoms with Gasteiger partial charge in [-0.15, -0.1) is 0 Å². The molecule has 1 amide bonds. The number of fused-ring (bicyclic) bond motifs is 1. The molecule has 0 aliphatic carbocycles. The van der Waals surface area contributed by atoms with Gasteiger partial charge in [-0.1, -0.05) is 56.3 Å². The first-order valence-corrected chi connectivity index (χ1v) is 9.96. The van der Waals surface area contributed by atoms with Crippen LogP contribution in [0.2, 0.25) is 0 Å². The molecule has 0 unspecified atom stereocenters. The minimum absolute atomic E-state index is 0.193. The Morgan fingerprint density at radius 1 is 0.962 bits per heavy atom. The summed E-state index contributed by atoms with van der Waals surface area (Å²) in [4.78, 5) is 15.2. The second-order valence-electron chi connectivity index (χ2n) is 8.09. The number of carbonyl (C=O) groups excluding carboxylic acids is 1. The van der Waals surface area contributed by atoms with Crippen LogP contribution >= 0.6 is 0 Å². The topological polar surface area (TPSA) is 38.0 Å². The van der Waals surface area contributed by atoms with Crippen LogP contribution in [0.4, 0.5) is 0 Å². The summed E-state index contributed by atoms with van der Waals surface area (Å²) in [5.74, 6) is 0.676. The van der Waals surface area contributed by atoms with Crippen molar-refractivity contribution in [2.45, 2.75) is 33.4 Å². The SMILES string of the molecule is CC(C)[C@H](C)NC(=O)C[NH+]1CC[NH+](Cc2cccc3ccccc23)CC1. The quantitative estimate of drug-likeness (QED) is 0.684. The summed E-state index contributed by atoms with van der Waals surface area (Å²) >= 11 is 0. The second-order valence-corrected chi connectivity index (χ2v) is 8.09. The van der Waals surface area contributed by atoms with Crippen molar-refractivity contribution in [1.82, 2.24) is 5.32 Å². The summed E-state index contributed by atoms with van der Waals surface area (Å²) in [6.45, 7) is 12.5. The number of carbonyl (C=O) groups is 1. The first-order valence-electron chi connectivity index (χ1n) is 9.96. The zero-order valence-corrected chi connectivity index (χ0v) is 16.3. The van der Waals surface area contributed by atoms with Crippen molar-refractivity contribution in [1.29, 1.82) is 0 Å². The van der Waals surface area contributed by atoms with Gasteiger partial charge in [-0.05, 0) is 23.6 Å². The Morgan fingerprint density at radius 2 is 1.62 bits per heavy atom. The van der Waals surface area contributed by atoms with E-state index in [9.17, 15) is 4.79 Å². The zero-order valence-electron chi connectivity index (χ0n) is 16.3. The fourth-order valence-electron chi connectivity index (χ4n) is 3.73. The van der Waals surface area contributed by atoms with Gasteiger partial charge in [-0.25, -0.2) is 0 Å². The van der Waals surface area contributed by atoms with E-state index in [1.165, 1.54) is 21.2 Å². The van der Waals surface area contributed by atoms with E-state index in [1.54, 1.807) is 4.90 Å². The first kappa shape index (κ1) is 18.9. The van der Waals surface area contributed by atoms with Gasteiger partial charge >= 0.3 is 0 Å². The molecule has 1 aliphatic rings. The monoisotopic (exact) mass is 355 g/mol. The van der Waals surface area contributed by atoms with Crippen molar-refractivity contribution in [3.63, 3.8) is 0 Å². The predicted octanol–water partition coefficient (Wildman–Crippen LogP) is 0.284. The van der Waals surface area contributed by atoms with E-state index in [0.717, 1.165) is 32.7 Å². The molecule has 0 bridgehead atoms. The van der Waals surface area contributed by atoms with E-state index in [4.69, 9.17) is 0 Å². The van der Waals surface area contributed by atoms with E-state index in [2.05, 4.69) is 68.6 Å². The molecule has 1 aliphatic heterocycles. The number of benzene rings is 2. The lowest BCUT2D eigenvalue weighted by molar-refractivity contribution is -1.02. The van der Waals surface area contributed by atoms with Crippen LogP contribution in [0.15, 0.2) is 42.5 Å². The minimum atomic E-state index is 0.193. The lowest BCUT2D eigenvalue weighted by Gasteiger charge is -2.30. The van der Waals surface area contributed by atoms with E-state index >= 15 is 0 Å². The summed E-state index contributed by atoms with van der Waals surface area (Å²) in [5.41, 5.74) is 1.44. The van der Waals surface area contributed by atoms with Gasteiger partial charge in [-0.2, -0.15) is 0 Å². The third kappa shape index (κ3) is 4.83. The molecule has 0 aromatic heterocycles. The van der Waals surface area contributed by atoms with Crippen LogP contribution in [0.25, 0.3) is 10.8 Å². The highest BCUT2D eigenvalue weighted by atomic mass is 16.2. The Morgan fingerprint density at radius 3 is 2.35 bits per heavy atom. The maximum absolute atomic E-state index is 12.2. The van der Waals surface area contributed by atoms with E-state index in [-0.39, 0.29) is 11.9 Å². The maximum Gasteiger partial charge on any atom is 0.275 e. The van der Waals surface area contributed by atoms with E-state index in [0.29, 0.717) is 12.5 Å². The molecule has 1 saturated heterocycles. The Labute approximate surface area is 157 Å². The fraction of sp³-hybridized carbons (Fsp3) is 0.500. The zero-order chi connectivity index (χ0) is 18.5. The first-order chi connectivity index (χ1) is 12.5.